The SMILES string of the molecule is CO[C@@H]1CN(c2ncccc2N)C[C@H]1OC. The summed E-state index contributed by atoms with van der Waals surface area (Å²) in [4.78, 5) is 6.38. The van der Waals surface area contributed by atoms with Crippen LogP contribution in [0.2, 0.25) is 0 Å². The minimum Gasteiger partial charge on any atom is -0.396 e. The summed E-state index contributed by atoms with van der Waals surface area (Å²) in [6, 6.07) is 3.68. The maximum atomic E-state index is 5.89. The Morgan fingerprint density at radius 3 is 2.44 bits per heavy atom. The Bertz CT molecular complexity index is 347. The highest BCUT2D eigenvalue weighted by molar-refractivity contribution is 5.62. The van der Waals surface area contributed by atoms with Gasteiger partial charge < -0.3 is 20.1 Å². The fourth-order valence-electron chi connectivity index (χ4n) is 2.04. The molecule has 5 nitrogen and oxygen atoms in total. The number of hydrogen-bond donors (Lipinski definition) is 1. The van der Waals surface area contributed by atoms with Crippen molar-refractivity contribution in [2.45, 2.75) is 12.2 Å². The molecule has 0 radical (unpaired) electrons. The van der Waals surface area contributed by atoms with Crippen molar-refractivity contribution in [2.24, 2.45) is 0 Å². The third kappa shape index (κ3) is 1.96. The van der Waals surface area contributed by atoms with Crippen LogP contribution in [0, 0.1) is 0 Å². The normalized spacial score (nSPS) is 25.0. The first kappa shape index (κ1) is 11.2. The van der Waals surface area contributed by atoms with Crippen LogP contribution in [-0.4, -0.2) is 44.5 Å². The van der Waals surface area contributed by atoms with Crippen molar-refractivity contribution < 1.29 is 9.47 Å². The maximum Gasteiger partial charge on any atom is 0.151 e. The summed E-state index contributed by atoms with van der Waals surface area (Å²) in [6.45, 7) is 1.52. The standard InChI is InChI=1S/C11H17N3O2/c1-15-9-6-14(7-10(9)16-2)11-8(12)4-3-5-13-11/h3-5,9-10H,6-7,12H2,1-2H3/t9-,10-/m1/s1. The number of methoxy groups -OCH3 is 2. The van der Waals surface area contributed by atoms with Crippen LogP contribution in [0.15, 0.2) is 18.3 Å². The van der Waals surface area contributed by atoms with Gasteiger partial charge in [0.2, 0.25) is 0 Å². The van der Waals surface area contributed by atoms with Gasteiger partial charge in [-0.3, -0.25) is 0 Å². The second-order valence-electron chi connectivity index (χ2n) is 3.87. The van der Waals surface area contributed by atoms with Gasteiger partial charge in [0.25, 0.3) is 0 Å². The Hall–Kier alpha value is -1.33. The molecule has 0 aromatic carbocycles. The van der Waals surface area contributed by atoms with Gasteiger partial charge >= 0.3 is 0 Å². The van der Waals surface area contributed by atoms with E-state index < -0.39 is 0 Å². The van der Waals surface area contributed by atoms with E-state index in [0.29, 0.717) is 5.69 Å². The number of rotatable bonds is 3. The molecule has 1 fully saturated rings. The van der Waals surface area contributed by atoms with Crippen LogP contribution < -0.4 is 10.6 Å². The van der Waals surface area contributed by atoms with Crippen molar-refractivity contribution in [1.82, 2.24) is 4.98 Å². The van der Waals surface area contributed by atoms with Crippen molar-refractivity contribution in [2.75, 3.05) is 37.9 Å². The van der Waals surface area contributed by atoms with Crippen LogP contribution >= 0.6 is 0 Å². The molecule has 0 bridgehead atoms. The lowest BCUT2D eigenvalue weighted by Crippen LogP contribution is -2.27. The molecule has 2 rings (SSSR count). The van der Waals surface area contributed by atoms with Crippen molar-refractivity contribution in [3.8, 4) is 0 Å². The summed E-state index contributed by atoms with van der Waals surface area (Å²) < 4.78 is 10.7. The number of nitrogens with two attached hydrogens (primary N) is 1. The molecule has 2 N–H and O–H groups in total. The smallest absolute Gasteiger partial charge is 0.151 e. The van der Waals surface area contributed by atoms with Gasteiger partial charge in [0.15, 0.2) is 5.82 Å². The molecule has 1 aliphatic rings. The monoisotopic (exact) mass is 223 g/mol. The van der Waals surface area contributed by atoms with E-state index in [9.17, 15) is 0 Å². The number of ether oxygens (including phenoxy) is 2. The summed E-state index contributed by atoms with van der Waals surface area (Å²) in [5.41, 5.74) is 6.58. The quantitative estimate of drug-likeness (QED) is 0.809. The van der Waals surface area contributed by atoms with Gasteiger partial charge in [-0.2, -0.15) is 0 Å². The van der Waals surface area contributed by atoms with E-state index in [1.807, 2.05) is 12.1 Å². The number of nitrogens with zero attached hydrogens (tertiary/aromatic N) is 2. The zero-order chi connectivity index (χ0) is 11.5. The van der Waals surface area contributed by atoms with Gasteiger partial charge in [-0.25, -0.2) is 4.98 Å². The average molecular weight is 223 g/mol. The molecular weight excluding hydrogens is 206 g/mol. The fraction of sp³-hybridized carbons (Fsp3) is 0.545. The van der Waals surface area contributed by atoms with E-state index >= 15 is 0 Å². The molecule has 1 aliphatic heterocycles. The van der Waals surface area contributed by atoms with Gasteiger partial charge in [0.05, 0.1) is 5.69 Å². The third-order valence-electron chi connectivity index (χ3n) is 2.94. The molecule has 0 spiro atoms. The molecule has 5 heteroatoms. The van der Waals surface area contributed by atoms with Gasteiger partial charge in [0, 0.05) is 33.5 Å². The lowest BCUT2D eigenvalue weighted by atomic mass is 10.3. The third-order valence-corrected chi connectivity index (χ3v) is 2.94. The summed E-state index contributed by atoms with van der Waals surface area (Å²) in [6.07, 6.45) is 1.89. The van der Waals surface area contributed by atoms with Crippen LogP contribution in [-0.2, 0) is 9.47 Å². The summed E-state index contributed by atoms with van der Waals surface area (Å²) >= 11 is 0. The molecule has 2 atom stereocenters. The van der Waals surface area contributed by atoms with Gasteiger partial charge in [-0.15, -0.1) is 0 Å². The van der Waals surface area contributed by atoms with Crippen LogP contribution in [0.1, 0.15) is 0 Å². The largest absolute Gasteiger partial charge is 0.396 e. The molecule has 88 valence electrons. The molecular formula is C11H17N3O2. The summed E-state index contributed by atoms with van der Waals surface area (Å²) in [5, 5.41) is 0. The van der Waals surface area contributed by atoms with E-state index in [1.165, 1.54) is 0 Å². The van der Waals surface area contributed by atoms with Crippen LogP contribution in [0.4, 0.5) is 11.5 Å². The molecule has 16 heavy (non-hydrogen) atoms. The highest BCUT2D eigenvalue weighted by atomic mass is 16.5. The van der Waals surface area contributed by atoms with Gasteiger partial charge in [-0.1, -0.05) is 0 Å². The summed E-state index contributed by atoms with van der Waals surface area (Å²) in [7, 11) is 3.39. The summed E-state index contributed by atoms with van der Waals surface area (Å²) in [5.74, 6) is 0.809. The number of aromatic nitrogens is 1. The second-order valence-corrected chi connectivity index (χ2v) is 3.87. The Labute approximate surface area is 95.2 Å². The zero-order valence-corrected chi connectivity index (χ0v) is 9.59. The molecule has 0 unspecified atom stereocenters. The molecule has 0 saturated carbocycles. The first-order chi connectivity index (χ1) is 7.76. The number of anilines is 2. The first-order valence-electron chi connectivity index (χ1n) is 5.27. The number of hydrogen-bond acceptors (Lipinski definition) is 5. The zero-order valence-electron chi connectivity index (χ0n) is 9.59. The van der Waals surface area contributed by atoms with E-state index in [-0.39, 0.29) is 12.2 Å². The van der Waals surface area contributed by atoms with Crippen LogP contribution in [0.5, 0.6) is 0 Å². The van der Waals surface area contributed by atoms with E-state index in [2.05, 4.69) is 9.88 Å². The Balaban J connectivity index is 2.16. The lowest BCUT2D eigenvalue weighted by molar-refractivity contribution is -0.00461. The van der Waals surface area contributed by atoms with Crippen molar-refractivity contribution in [3.05, 3.63) is 18.3 Å². The molecule has 0 aliphatic carbocycles. The molecule has 2 heterocycles. The first-order valence-corrected chi connectivity index (χ1v) is 5.27. The predicted molar refractivity (Wildman–Crippen MR) is 62.5 cm³/mol. The van der Waals surface area contributed by atoms with Gasteiger partial charge in [0.1, 0.15) is 12.2 Å². The van der Waals surface area contributed by atoms with Crippen LogP contribution in [0.25, 0.3) is 0 Å². The van der Waals surface area contributed by atoms with Crippen molar-refractivity contribution >= 4 is 11.5 Å². The molecule has 1 saturated heterocycles. The molecule has 1 aromatic heterocycles. The number of nitrogen functional groups attached to an aromatic ring is 1. The Morgan fingerprint density at radius 2 is 1.94 bits per heavy atom. The van der Waals surface area contributed by atoms with E-state index in [4.69, 9.17) is 15.2 Å². The Morgan fingerprint density at radius 1 is 1.31 bits per heavy atom. The van der Waals surface area contributed by atoms with Crippen molar-refractivity contribution in [1.29, 1.82) is 0 Å². The fourth-order valence-corrected chi connectivity index (χ4v) is 2.04. The number of pyridine rings is 1. The maximum absolute atomic E-state index is 5.89. The van der Waals surface area contributed by atoms with Crippen LogP contribution in [0.3, 0.4) is 0 Å². The molecule has 0 amide bonds. The van der Waals surface area contributed by atoms with Gasteiger partial charge in [-0.05, 0) is 12.1 Å². The average Bonchev–Trinajstić information content (AvgIpc) is 2.72. The highest BCUT2D eigenvalue weighted by Crippen LogP contribution is 2.25. The minimum absolute atomic E-state index is 0.0754. The topological polar surface area (TPSA) is 60.6 Å². The van der Waals surface area contributed by atoms with Crippen molar-refractivity contribution in [3.63, 3.8) is 0 Å². The molecule has 1 aromatic rings. The lowest BCUT2D eigenvalue weighted by Gasteiger charge is -2.18. The second kappa shape index (κ2) is 4.67. The Kier molecular flexibility index (Phi) is 3.26. The highest BCUT2D eigenvalue weighted by Gasteiger charge is 2.34. The minimum atomic E-state index is 0.0754. The van der Waals surface area contributed by atoms with E-state index in [1.54, 1.807) is 20.4 Å². The predicted octanol–water partition coefficient (Wildman–Crippen LogP) is 0.514. The van der Waals surface area contributed by atoms with E-state index in [0.717, 1.165) is 18.9 Å².